The van der Waals surface area contributed by atoms with Crippen LogP contribution >= 0.6 is 0 Å². The van der Waals surface area contributed by atoms with Gasteiger partial charge in [-0.1, -0.05) is 44.2 Å². The molecule has 0 fully saturated rings. The Morgan fingerprint density at radius 1 is 1.26 bits per heavy atom. The van der Waals surface area contributed by atoms with Crippen molar-refractivity contribution in [1.29, 1.82) is 0 Å². The van der Waals surface area contributed by atoms with E-state index in [2.05, 4.69) is 22.3 Å². The van der Waals surface area contributed by atoms with Gasteiger partial charge in [-0.05, 0) is 25.6 Å². The fourth-order valence-electron chi connectivity index (χ4n) is 1.89. The van der Waals surface area contributed by atoms with E-state index in [1.165, 1.54) is 5.56 Å². The van der Waals surface area contributed by atoms with Crippen LogP contribution in [0, 0.1) is 5.92 Å². The molecule has 19 heavy (non-hydrogen) atoms. The minimum atomic E-state index is -0.446. The number of hydrogen-bond donors (Lipinski definition) is 2. The van der Waals surface area contributed by atoms with Crippen LogP contribution in [0.5, 0.6) is 0 Å². The van der Waals surface area contributed by atoms with Gasteiger partial charge in [-0.25, -0.2) is 0 Å². The third-order valence-corrected chi connectivity index (χ3v) is 3.30. The lowest BCUT2D eigenvalue weighted by molar-refractivity contribution is -0.123. The molecule has 0 bridgehead atoms. The molecule has 3 N–H and O–H groups in total. The van der Waals surface area contributed by atoms with E-state index in [0.717, 1.165) is 0 Å². The maximum absolute atomic E-state index is 11.9. The second-order valence-electron chi connectivity index (χ2n) is 5.41. The Morgan fingerprint density at radius 3 is 2.32 bits per heavy atom. The quantitative estimate of drug-likeness (QED) is 0.815. The van der Waals surface area contributed by atoms with Crippen LogP contribution in [0.25, 0.3) is 0 Å². The van der Waals surface area contributed by atoms with Crippen LogP contribution in [-0.4, -0.2) is 37.5 Å². The van der Waals surface area contributed by atoms with E-state index in [9.17, 15) is 4.79 Å². The number of rotatable bonds is 6. The normalized spacial score (nSPS) is 14.5. The van der Waals surface area contributed by atoms with E-state index in [0.29, 0.717) is 6.54 Å². The minimum absolute atomic E-state index is 0.0854. The van der Waals surface area contributed by atoms with Crippen molar-refractivity contribution in [2.24, 2.45) is 11.7 Å². The minimum Gasteiger partial charge on any atom is -0.353 e. The second-order valence-corrected chi connectivity index (χ2v) is 5.41. The number of hydrogen-bond acceptors (Lipinski definition) is 3. The lowest BCUT2D eigenvalue weighted by Gasteiger charge is -2.26. The predicted molar refractivity (Wildman–Crippen MR) is 78.7 cm³/mol. The zero-order valence-corrected chi connectivity index (χ0v) is 12.3. The molecule has 0 aromatic heterocycles. The predicted octanol–water partition coefficient (Wildman–Crippen LogP) is 1.39. The van der Waals surface area contributed by atoms with Gasteiger partial charge in [0.25, 0.3) is 0 Å². The molecule has 106 valence electrons. The number of carbonyl (C=O) groups excluding carboxylic acids is 1. The molecule has 1 aromatic rings. The first kappa shape index (κ1) is 15.7. The molecule has 1 unspecified atom stereocenters. The highest BCUT2D eigenvalue weighted by atomic mass is 16.2. The summed E-state index contributed by atoms with van der Waals surface area (Å²) in [7, 11) is 4.01. The number of nitrogens with two attached hydrogens (primary N) is 1. The fraction of sp³-hybridized carbons (Fsp3) is 0.533. The van der Waals surface area contributed by atoms with E-state index in [1.54, 1.807) is 0 Å². The lowest BCUT2D eigenvalue weighted by atomic mass is 10.0. The number of amides is 1. The van der Waals surface area contributed by atoms with Gasteiger partial charge in [0.1, 0.15) is 0 Å². The first-order valence-electron chi connectivity index (χ1n) is 6.68. The molecule has 1 rings (SSSR count). The smallest absolute Gasteiger partial charge is 0.237 e. The summed E-state index contributed by atoms with van der Waals surface area (Å²) in [6, 6.07) is 9.85. The van der Waals surface area contributed by atoms with Gasteiger partial charge in [-0.3, -0.25) is 4.79 Å². The molecule has 0 saturated carbocycles. The van der Waals surface area contributed by atoms with Crippen LogP contribution < -0.4 is 11.1 Å². The molecule has 0 spiro atoms. The number of nitrogens with zero attached hydrogens (tertiary/aromatic N) is 1. The molecule has 1 aromatic carbocycles. The molecule has 2 atom stereocenters. The molecule has 4 heteroatoms. The van der Waals surface area contributed by atoms with E-state index in [-0.39, 0.29) is 17.9 Å². The van der Waals surface area contributed by atoms with Gasteiger partial charge in [0.2, 0.25) is 5.91 Å². The van der Waals surface area contributed by atoms with Crippen LogP contribution in [0.1, 0.15) is 25.5 Å². The highest BCUT2D eigenvalue weighted by Gasteiger charge is 2.20. The van der Waals surface area contributed by atoms with E-state index in [1.807, 2.05) is 46.1 Å². The van der Waals surface area contributed by atoms with Crippen molar-refractivity contribution < 1.29 is 4.79 Å². The van der Waals surface area contributed by atoms with Gasteiger partial charge < -0.3 is 16.0 Å². The van der Waals surface area contributed by atoms with Crippen molar-refractivity contribution in [2.45, 2.75) is 25.9 Å². The standard InChI is InChI=1S/C15H25N3O/c1-11(2)14(16)15(19)17-10-13(18(3)4)12-8-6-5-7-9-12/h5-9,11,13-14H,10,16H2,1-4H3,(H,17,19)/t13?,14-/m1/s1. The van der Waals surface area contributed by atoms with Crippen molar-refractivity contribution in [3.8, 4) is 0 Å². The van der Waals surface area contributed by atoms with Crippen molar-refractivity contribution in [1.82, 2.24) is 10.2 Å². The molecular weight excluding hydrogens is 238 g/mol. The van der Waals surface area contributed by atoms with Crippen molar-refractivity contribution >= 4 is 5.91 Å². The third-order valence-electron chi connectivity index (χ3n) is 3.30. The van der Waals surface area contributed by atoms with Crippen LogP contribution in [-0.2, 0) is 4.79 Å². The zero-order chi connectivity index (χ0) is 14.4. The Balaban J connectivity index is 2.64. The summed E-state index contributed by atoms with van der Waals surface area (Å²) in [6.07, 6.45) is 0. The van der Waals surface area contributed by atoms with E-state index < -0.39 is 6.04 Å². The van der Waals surface area contributed by atoms with Crippen molar-refractivity contribution in [3.05, 3.63) is 35.9 Å². The molecule has 0 aliphatic heterocycles. The molecule has 0 aliphatic rings. The van der Waals surface area contributed by atoms with Crippen molar-refractivity contribution in [2.75, 3.05) is 20.6 Å². The van der Waals surface area contributed by atoms with Crippen LogP contribution in [0.15, 0.2) is 30.3 Å². The van der Waals surface area contributed by atoms with Gasteiger partial charge in [0.05, 0.1) is 12.1 Å². The monoisotopic (exact) mass is 263 g/mol. The van der Waals surface area contributed by atoms with Crippen LogP contribution in [0.4, 0.5) is 0 Å². The van der Waals surface area contributed by atoms with Gasteiger partial charge in [-0.2, -0.15) is 0 Å². The van der Waals surface area contributed by atoms with Gasteiger partial charge in [0.15, 0.2) is 0 Å². The Bertz CT molecular complexity index is 390. The highest BCUT2D eigenvalue weighted by Crippen LogP contribution is 2.16. The SMILES string of the molecule is CC(C)[C@@H](N)C(=O)NCC(c1ccccc1)N(C)C. The molecular formula is C15H25N3O. The fourth-order valence-corrected chi connectivity index (χ4v) is 1.89. The molecule has 0 saturated heterocycles. The Kier molecular flexibility index (Phi) is 5.99. The van der Waals surface area contributed by atoms with Gasteiger partial charge >= 0.3 is 0 Å². The summed E-state index contributed by atoms with van der Waals surface area (Å²) in [6.45, 7) is 4.46. The topological polar surface area (TPSA) is 58.4 Å². The first-order valence-corrected chi connectivity index (χ1v) is 6.68. The van der Waals surface area contributed by atoms with Crippen LogP contribution in [0.2, 0.25) is 0 Å². The molecule has 0 aliphatic carbocycles. The number of likely N-dealkylation sites (N-methyl/N-ethyl adjacent to an activating group) is 1. The third kappa shape index (κ3) is 4.65. The Hall–Kier alpha value is -1.39. The Morgan fingerprint density at radius 2 is 1.84 bits per heavy atom. The Labute approximate surface area is 116 Å². The van der Waals surface area contributed by atoms with Gasteiger partial charge in [0, 0.05) is 6.54 Å². The van der Waals surface area contributed by atoms with E-state index in [4.69, 9.17) is 5.73 Å². The molecule has 4 nitrogen and oxygen atoms in total. The summed E-state index contributed by atoms with van der Waals surface area (Å²) in [5.41, 5.74) is 7.02. The maximum Gasteiger partial charge on any atom is 0.237 e. The number of benzene rings is 1. The molecule has 0 radical (unpaired) electrons. The average molecular weight is 263 g/mol. The summed E-state index contributed by atoms with van der Waals surface area (Å²) < 4.78 is 0. The van der Waals surface area contributed by atoms with Crippen molar-refractivity contribution in [3.63, 3.8) is 0 Å². The number of nitrogens with one attached hydrogen (secondary N) is 1. The van der Waals surface area contributed by atoms with Gasteiger partial charge in [-0.15, -0.1) is 0 Å². The maximum atomic E-state index is 11.9. The average Bonchev–Trinajstić information content (AvgIpc) is 2.38. The van der Waals surface area contributed by atoms with E-state index >= 15 is 0 Å². The highest BCUT2D eigenvalue weighted by molar-refractivity contribution is 5.81. The molecule has 1 amide bonds. The first-order chi connectivity index (χ1) is 8.93. The lowest BCUT2D eigenvalue weighted by Crippen LogP contribution is -2.46. The zero-order valence-electron chi connectivity index (χ0n) is 12.3. The van der Waals surface area contributed by atoms with Crippen LogP contribution in [0.3, 0.4) is 0 Å². The number of carbonyl (C=O) groups is 1. The summed E-state index contributed by atoms with van der Waals surface area (Å²) in [5, 5.41) is 2.94. The summed E-state index contributed by atoms with van der Waals surface area (Å²) >= 11 is 0. The largest absolute Gasteiger partial charge is 0.353 e. The second kappa shape index (κ2) is 7.26. The summed E-state index contributed by atoms with van der Waals surface area (Å²) in [4.78, 5) is 14.0. The summed E-state index contributed by atoms with van der Waals surface area (Å²) in [5.74, 6) is 0.0623. The molecule has 0 heterocycles.